The summed E-state index contributed by atoms with van der Waals surface area (Å²) in [6.07, 6.45) is 2.06. The first-order chi connectivity index (χ1) is 13.0. The van der Waals surface area contributed by atoms with E-state index in [4.69, 9.17) is 14.2 Å². The smallest absolute Gasteiger partial charge is 0.303 e. The fourth-order valence-electron chi connectivity index (χ4n) is 4.29. The predicted molar refractivity (Wildman–Crippen MR) is 114 cm³/mol. The maximum absolute atomic E-state index is 11.3. The second kappa shape index (κ2) is 10.8. The van der Waals surface area contributed by atoms with Gasteiger partial charge in [0.2, 0.25) is 0 Å². The zero-order chi connectivity index (χ0) is 21.5. The topological polar surface area (TPSA) is 61.8 Å². The van der Waals surface area contributed by atoms with Gasteiger partial charge < -0.3 is 14.2 Å². The first kappa shape index (κ1) is 24.5. The van der Waals surface area contributed by atoms with Gasteiger partial charge in [0.1, 0.15) is 24.9 Å². The van der Waals surface area contributed by atoms with Crippen LogP contribution in [0.15, 0.2) is 12.2 Å². The van der Waals surface area contributed by atoms with Crippen LogP contribution in [0.2, 0.25) is 22.7 Å². The van der Waals surface area contributed by atoms with Gasteiger partial charge >= 0.3 is 11.9 Å². The molecule has 0 bridgehead atoms. The predicted octanol–water partition coefficient (Wildman–Crippen LogP) is 4.49. The largest absolute Gasteiger partial charge is 0.463 e. The molecule has 0 aromatic rings. The molecule has 0 amide bonds. The van der Waals surface area contributed by atoms with Gasteiger partial charge in [0, 0.05) is 19.9 Å². The second-order valence-electron chi connectivity index (χ2n) is 8.43. The van der Waals surface area contributed by atoms with Crippen LogP contribution in [0.25, 0.3) is 0 Å². The molecule has 0 fully saturated rings. The Balaban J connectivity index is 2.94. The first-order valence-electron chi connectivity index (χ1n) is 10.1. The quantitative estimate of drug-likeness (QED) is 0.269. The number of ether oxygens (including phenoxy) is 3. The summed E-state index contributed by atoms with van der Waals surface area (Å²) in [7, 11) is -1.59. The maximum atomic E-state index is 11.3. The summed E-state index contributed by atoms with van der Waals surface area (Å²) in [5.41, 5.74) is 1.94. The van der Waals surface area contributed by atoms with E-state index in [9.17, 15) is 9.59 Å². The fraction of sp³-hybridized carbons (Fsp3) is 0.727. The molecule has 158 valence electrons. The van der Waals surface area contributed by atoms with E-state index in [0.717, 1.165) is 6.04 Å². The molecule has 3 atom stereocenters. The molecule has 0 saturated carbocycles. The van der Waals surface area contributed by atoms with Crippen molar-refractivity contribution in [2.75, 3.05) is 6.61 Å². The summed E-state index contributed by atoms with van der Waals surface area (Å²) in [4.78, 5) is 22.5. The third kappa shape index (κ3) is 6.49. The highest BCUT2D eigenvalue weighted by Gasteiger charge is 2.41. The Hall–Kier alpha value is -1.58. The lowest BCUT2D eigenvalue weighted by Crippen LogP contribution is -2.44. The van der Waals surface area contributed by atoms with Gasteiger partial charge in [-0.2, -0.15) is 0 Å². The van der Waals surface area contributed by atoms with Crippen molar-refractivity contribution < 1.29 is 23.8 Å². The van der Waals surface area contributed by atoms with Gasteiger partial charge in [-0.25, -0.2) is 0 Å². The molecule has 1 heterocycles. The molecule has 28 heavy (non-hydrogen) atoms. The highest BCUT2D eigenvalue weighted by atomic mass is 28.3. The van der Waals surface area contributed by atoms with Crippen LogP contribution in [0.1, 0.15) is 55.4 Å². The van der Waals surface area contributed by atoms with Crippen LogP contribution in [0, 0.1) is 11.8 Å². The number of carbonyl (C=O) groups excluding carboxylic acids is 2. The summed E-state index contributed by atoms with van der Waals surface area (Å²) >= 11 is 0. The summed E-state index contributed by atoms with van der Waals surface area (Å²) in [5, 5.41) is 0. The highest BCUT2D eigenvalue weighted by molar-refractivity contribution is 6.84. The summed E-state index contributed by atoms with van der Waals surface area (Å²) in [6.45, 7) is 16.6. The Morgan fingerprint density at radius 2 is 1.57 bits per heavy atom. The molecule has 5 nitrogen and oxygen atoms in total. The van der Waals surface area contributed by atoms with E-state index in [2.05, 4.69) is 53.4 Å². The van der Waals surface area contributed by atoms with Crippen LogP contribution in [-0.4, -0.2) is 44.9 Å². The standard InChI is InChI=1S/C22H36O5Si/c1-15(2)28(16(3)4,17(5)6)13-9-10-20-11-12-21(26-19(8)24)22(27-20)14-25-18(7)23/h11-12,15-17,20-22H,13-14H2,1-8H3/t20-,21+,22-/m1/s1. The monoisotopic (exact) mass is 408 g/mol. The molecular formula is C22H36O5Si. The zero-order valence-electron chi connectivity index (χ0n) is 18.6. The van der Waals surface area contributed by atoms with E-state index in [0.29, 0.717) is 16.6 Å². The lowest BCUT2D eigenvalue weighted by Gasteiger charge is -2.42. The molecule has 1 rings (SSSR count). The molecule has 0 aromatic carbocycles. The van der Waals surface area contributed by atoms with E-state index >= 15 is 0 Å². The van der Waals surface area contributed by atoms with Crippen molar-refractivity contribution in [3.05, 3.63) is 12.2 Å². The van der Waals surface area contributed by atoms with Crippen LogP contribution in [-0.2, 0) is 23.8 Å². The Labute approximate surface area is 171 Å². The van der Waals surface area contributed by atoms with Crippen molar-refractivity contribution in [2.24, 2.45) is 0 Å². The minimum Gasteiger partial charge on any atom is -0.463 e. The minimum atomic E-state index is -1.59. The van der Waals surface area contributed by atoms with E-state index < -0.39 is 38.3 Å². The Kier molecular flexibility index (Phi) is 9.45. The van der Waals surface area contributed by atoms with Crippen molar-refractivity contribution in [2.45, 2.75) is 96.4 Å². The molecule has 0 radical (unpaired) electrons. The summed E-state index contributed by atoms with van der Waals surface area (Å²) < 4.78 is 16.3. The number of carbonyl (C=O) groups is 2. The molecular weight excluding hydrogens is 372 g/mol. The minimum absolute atomic E-state index is 0.0263. The van der Waals surface area contributed by atoms with Crippen molar-refractivity contribution in [3.8, 4) is 11.8 Å². The molecule has 6 heteroatoms. The highest BCUT2D eigenvalue weighted by Crippen LogP contribution is 2.44. The van der Waals surface area contributed by atoms with Crippen LogP contribution in [0.4, 0.5) is 0 Å². The maximum Gasteiger partial charge on any atom is 0.303 e. The van der Waals surface area contributed by atoms with Crippen LogP contribution in [0.3, 0.4) is 0 Å². The molecule has 0 N–H and O–H groups in total. The lowest BCUT2D eigenvalue weighted by molar-refractivity contribution is -0.161. The van der Waals surface area contributed by atoms with Crippen LogP contribution >= 0.6 is 0 Å². The van der Waals surface area contributed by atoms with E-state index in [-0.39, 0.29) is 6.61 Å². The average molecular weight is 409 g/mol. The number of rotatable bonds is 7. The second-order valence-corrected chi connectivity index (χ2v) is 14.5. The van der Waals surface area contributed by atoms with E-state index in [1.54, 1.807) is 6.08 Å². The number of esters is 2. The van der Waals surface area contributed by atoms with Gasteiger partial charge in [-0.15, -0.1) is 5.92 Å². The normalized spacial score (nSPS) is 22.2. The Bertz CT molecular complexity index is 605. The third-order valence-corrected chi connectivity index (χ3v) is 13.0. The summed E-state index contributed by atoms with van der Waals surface area (Å²) in [6, 6.07) is 0.926. The van der Waals surface area contributed by atoms with E-state index in [1.807, 2.05) is 6.08 Å². The van der Waals surface area contributed by atoms with Gasteiger partial charge in [-0.1, -0.05) is 47.5 Å². The molecule has 0 aliphatic carbocycles. The van der Waals surface area contributed by atoms with Gasteiger partial charge in [0.05, 0.1) is 8.07 Å². The van der Waals surface area contributed by atoms with Gasteiger partial charge in [0.15, 0.2) is 0 Å². The first-order valence-corrected chi connectivity index (χ1v) is 12.6. The summed E-state index contributed by atoms with van der Waals surface area (Å²) in [5.74, 6) is 5.82. The van der Waals surface area contributed by atoms with Gasteiger partial charge in [-0.05, 0) is 28.8 Å². The van der Waals surface area contributed by atoms with Crippen molar-refractivity contribution >= 4 is 20.0 Å². The van der Waals surface area contributed by atoms with Gasteiger partial charge in [0.25, 0.3) is 0 Å². The molecule has 0 aromatic heterocycles. The fourth-order valence-corrected chi connectivity index (χ4v) is 9.92. The molecule has 1 aliphatic heterocycles. The zero-order valence-corrected chi connectivity index (χ0v) is 19.6. The molecule has 1 aliphatic rings. The molecule has 0 spiro atoms. The Morgan fingerprint density at radius 1 is 1.00 bits per heavy atom. The molecule has 0 saturated heterocycles. The third-order valence-electron chi connectivity index (χ3n) is 5.78. The van der Waals surface area contributed by atoms with Crippen LogP contribution < -0.4 is 0 Å². The van der Waals surface area contributed by atoms with Crippen molar-refractivity contribution in [1.82, 2.24) is 0 Å². The van der Waals surface area contributed by atoms with Gasteiger partial charge in [-0.3, -0.25) is 9.59 Å². The number of hydrogen-bond donors (Lipinski definition) is 0. The van der Waals surface area contributed by atoms with Crippen molar-refractivity contribution in [3.63, 3.8) is 0 Å². The van der Waals surface area contributed by atoms with Crippen molar-refractivity contribution in [1.29, 1.82) is 0 Å². The Morgan fingerprint density at radius 3 is 2.04 bits per heavy atom. The van der Waals surface area contributed by atoms with E-state index in [1.165, 1.54) is 13.8 Å². The lowest BCUT2D eigenvalue weighted by atomic mass is 10.1. The molecule has 0 unspecified atom stereocenters. The average Bonchev–Trinajstić information content (AvgIpc) is 2.56. The van der Waals surface area contributed by atoms with Crippen LogP contribution in [0.5, 0.6) is 0 Å². The SMILES string of the molecule is CC(=O)OC[C@H]1O[C@H](C#CC[Si](C(C)C)(C(C)C)C(C)C)C=C[C@@H]1OC(C)=O. The number of hydrogen-bond acceptors (Lipinski definition) is 5.